The second-order valence-corrected chi connectivity index (χ2v) is 1.65. The van der Waals surface area contributed by atoms with Crippen LogP contribution in [-0.2, 0) is 0 Å². The van der Waals surface area contributed by atoms with Crippen molar-refractivity contribution in [2.24, 2.45) is 0 Å². The van der Waals surface area contributed by atoms with Gasteiger partial charge < -0.3 is 9.84 Å². The van der Waals surface area contributed by atoms with Crippen molar-refractivity contribution in [3.8, 4) is 5.75 Å². The van der Waals surface area contributed by atoms with Crippen LogP contribution in [0.15, 0.2) is 17.1 Å². The SMILES string of the molecule is O=C(O)Oc1cn[nH]c(=O)c1. The molecule has 0 bridgehead atoms. The molecule has 0 aliphatic carbocycles. The lowest BCUT2D eigenvalue weighted by Gasteiger charge is -1.94. The average Bonchev–Trinajstić information content (AvgIpc) is 1.85. The van der Waals surface area contributed by atoms with E-state index in [1.54, 1.807) is 0 Å². The zero-order valence-corrected chi connectivity index (χ0v) is 5.27. The van der Waals surface area contributed by atoms with E-state index in [4.69, 9.17) is 5.11 Å². The fraction of sp³-hybridized carbons (Fsp3) is 0. The number of aromatic nitrogens is 2. The van der Waals surface area contributed by atoms with Gasteiger partial charge in [-0.2, -0.15) is 5.10 Å². The minimum absolute atomic E-state index is 0.0961. The van der Waals surface area contributed by atoms with Gasteiger partial charge in [-0.1, -0.05) is 0 Å². The molecule has 0 aromatic carbocycles. The molecule has 0 amide bonds. The van der Waals surface area contributed by atoms with E-state index in [2.05, 4.69) is 14.9 Å². The van der Waals surface area contributed by atoms with Gasteiger partial charge in [-0.15, -0.1) is 0 Å². The smallest absolute Gasteiger partial charge is 0.449 e. The van der Waals surface area contributed by atoms with E-state index in [0.29, 0.717) is 0 Å². The van der Waals surface area contributed by atoms with E-state index in [9.17, 15) is 9.59 Å². The summed E-state index contributed by atoms with van der Waals surface area (Å²) < 4.78 is 4.13. The van der Waals surface area contributed by atoms with Crippen LogP contribution in [0.25, 0.3) is 0 Å². The maximum atomic E-state index is 10.5. The van der Waals surface area contributed by atoms with Crippen LogP contribution in [-0.4, -0.2) is 21.5 Å². The number of nitrogens with one attached hydrogen (secondary N) is 1. The first kappa shape index (κ1) is 7.26. The van der Waals surface area contributed by atoms with Crippen molar-refractivity contribution in [2.75, 3.05) is 0 Å². The first-order chi connectivity index (χ1) is 5.18. The number of aromatic amines is 1. The van der Waals surface area contributed by atoms with Gasteiger partial charge in [-0.25, -0.2) is 9.89 Å². The molecular formula is C5H4N2O4. The first-order valence-electron chi connectivity index (χ1n) is 2.64. The molecule has 0 saturated carbocycles. The van der Waals surface area contributed by atoms with E-state index in [1.807, 2.05) is 0 Å². The third-order valence-electron chi connectivity index (χ3n) is 0.845. The minimum Gasteiger partial charge on any atom is -0.449 e. The van der Waals surface area contributed by atoms with Crippen molar-refractivity contribution < 1.29 is 14.6 Å². The van der Waals surface area contributed by atoms with Crippen molar-refractivity contribution in [1.29, 1.82) is 0 Å². The highest BCUT2D eigenvalue weighted by Gasteiger charge is 1.99. The van der Waals surface area contributed by atoms with Gasteiger partial charge in [0.1, 0.15) is 0 Å². The summed E-state index contributed by atoms with van der Waals surface area (Å²) in [6.45, 7) is 0. The molecule has 58 valence electrons. The lowest BCUT2D eigenvalue weighted by atomic mass is 10.5. The van der Waals surface area contributed by atoms with Crippen LogP contribution < -0.4 is 10.3 Å². The molecule has 0 spiro atoms. The van der Waals surface area contributed by atoms with Gasteiger partial charge in [0.25, 0.3) is 5.56 Å². The molecule has 0 aliphatic rings. The Hall–Kier alpha value is -1.85. The molecule has 1 aromatic heterocycles. The molecule has 2 N–H and O–H groups in total. The van der Waals surface area contributed by atoms with Crippen LogP contribution in [0.1, 0.15) is 0 Å². The van der Waals surface area contributed by atoms with Crippen LogP contribution in [0.4, 0.5) is 4.79 Å². The Morgan fingerprint density at radius 3 is 3.00 bits per heavy atom. The van der Waals surface area contributed by atoms with E-state index in [-0.39, 0.29) is 5.75 Å². The zero-order chi connectivity index (χ0) is 8.27. The standard InChI is InChI=1S/C5H4N2O4/c8-4-1-3(2-6-7-4)11-5(9)10/h1-2H,(H,7,8)(H,9,10). The monoisotopic (exact) mass is 156 g/mol. The normalized spacial score (nSPS) is 9.09. The van der Waals surface area contributed by atoms with Crippen molar-refractivity contribution in [3.05, 3.63) is 22.6 Å². The molecule has 0 saturated heterocycles. The number of carbonyl (C=O) groups is 1. The third kappa shape index (κ3) is 2.09. The number of nitrogens with zero attached hydrogens (tertiary/aromatic N) is 1. The van der Waals surface area contributed by atoms with Crippen molar-refractivity contribution >= 4 is 6.16 Å². The fourth-order valence-electron chi connectivity index (χ4n) is 0.515. The number of carboxylic acid groups (broad SMARTS) is 1. The molecule has 0 aliphatic heterocycles. The molecule has 1 rings (SSSR count). The van der Waals surface area contributed by atoms with E-state index >= 15 is 0 Å². The van der Waals surface area contributed by atoms with Crippen LogP contribution in [0.3, 0.4) is 0 Å². The van der Waals surface area contributed by atoms with Crippen LogP contribution in [0.5, 0.6) is 5.75 Å². The van der Waals surface area contributed by atoms with Gasteiger partial charge in [0.2, 0.25) is 0 Å². The Bertz CT molecular complexity index is 318. The Labute approximate surface area is 60.4 Å². The van der Waals surface area contributed by atoms with Gasteiger partial charge in [-0.3, -0.25) is 4.79 Å². The maximum absolute atomic E-state index is 10.5. The second-order valence-electron chi connectivity index (χ2n) is 1.65. The summed E-state index contributed by atoms with van der Waals surface area (Å²) in [6, 6.07) is 0.987. The second kappa shape index (κ2) is 2.82. The predicted molar refractivity (Wildman–Crippen MR) is 33.5 cm³/mol. The predicted octanol–water partition coefficient (Wildman–Crippen LogP) is -0.173. The van der Waals surface area contributed by atoms with Gasteiger partial charge in [0.05, 0.1) is 6.20 Å². The highest BCUT2D eigenvalue weighted by molar-refractivity contribution is 5.60. The maximum Gasteiger partial charge on any atom is 0.511 e. The topological polar surface area (TPSA) is 92.3 Å². The molecule has 11 heavy (non-hydrogen) atoms. The molecule has 0 fully saturated rings. The lowest BCUT2D eigenvalue weighted by molar-refractivity contribution is 0.144. The molecule has 6 nitrogen and oxygen atoms in total. The number of rotatable bonds is 1. The summed E-state index contributed by atoms with van der Waals surface area (Å²) in [4.78, 5) is 20.4. The molecule has 6 heteroatoms. The van der Waals surface area contributed by atoms with Crippen molar-refractivity contribution in [1.82, 2.24) is 10.2 Å². The van der Waals surface area contributed by atoms with Crippen molar-refractivity contribution in [3.63, 3.8) is 0 Å². The Morgan fingerprint density at radius 2 is 2.45 bits per heavy atom. The highest BCUT2D eigenvalue weighted by Crippen LogP contribution is 2.01. The zero-order valence-electron chi connectivity index (χ0n) is 5.27. The largest absolute Gasteiger partial charge is 0.511 e. The minimum atomic E-state index is -1.47. The van der Waals surface area contributed by atoms with E-state index in [0.717, 1.165) is 12.3 Å². The molecule has 0 radical (unpaired) electrons. The molecular weight excluding hydrogens is 152 g/mol. The Morgan fingerprint density at radius 1 is 1.73 bits per heavy atom. The van der Waals surface area contributed by atoms with E-state index < -0.39 is 11.7 Å². The summed E-state index contributed by atoms with van der Waals surface area (Å²) in [6.07, 6.45) is -0.382. The van der Waals surface area contributed by atoms with Gasteiger partial charge in [-0.05, 0) is 0 Å². The molecule has 0 unspecified atom stereocenters. The number of ether oxygens (including phenoxy) is 1. The lowest BCUT2D eigenvalue weighted by Crippen LogP contribution is -2.09. The Kier molecular flexibility index (Phi) is 1.86. The summed E-state index contributed by atoms with van der Waals surface area (Å²) in [5.41, 5.74) is -0.510. The van der Waals surface area contributed by atoms with Crippen molar-refractivity contribution in [2.45, 2.75) is 0 Å². The molecule has 0 atom stereocenters. The number of H-pyrrole nitrogens is 1. The fourth-order valence-corrected chi connectivity index (χ4v) is 0.515. The summed E-state index contributed by atoms with van der Waals surface area (Å²) >= 11 is 0. The third-order valence-corrected chi connectivity index (χ3v) is 0.845. The number of hydrogen-bond donors (Lipinski definition) is 2. The first-order valence-corrected chi connectivity index (χ1v) is 2.64. The highest BCUT2D eigenvalue weighted by atomic mass is 16.7. The molecule has 1 aromatic rings. The van der Waals surface area contributed by atoms with Crippen LogP contribution in [0.2, 0.25) is 0 Å². The molecule has 1 heterocycles. The van der Waals surface area contributed by atoms with Gasteiger partial charge in [0, 0.05) is 6.07 Å². The summed E-state index contributed by atoms with van der Waals surface area (Å²) in [5, 5.41) is 13.5. The summed E-state index contributed by atoms with van der Waals surface area (Å²) in [7, 11) is 0. The average molecular weight is 156 g/mol. The van der Waals surface area contributed by atoms with Gasteiger partial charge in [0.15, 0.2) is 5.75 Å². The van der Waals surface area contributed by atoms with Gasteiger partial charge >= 0.3 is 6.16 Å². The van der Waals surface area contributed by atoms with E-state index in [1.165, 1.54) is 0 Å². The number of hydrogen-bond acceptors (Lipinski definition) is 4. The summed E-state index contributed by atoms with van der Waals surface area (Å²) in [5.74, 6) is -0.0961. The van der Waals surface area contributed by atoms with Crippen LogP contribution in [0, 0.1) is 0 Å². The Balaban J connectivity index is 2.88. The quantitative estimate of drug-likeness (QED) is 0.550. The van der Waals surface area contributed by atoms with Crippen LogP contribution >= 0.6 is 0 Å².